The lowest BCUT2D eigenvalue weighted by Crippen LogP contribution is -2.64. The van der Waals surface area contributed by atoms with Crippen molar-refractivity contribution in [3.8, 4) is 5.75 Å². The summed E-state index contributed by atoms with van der Waals surface area (Å²) in [6.45, 7) is 4.54. The molecule has 110 valence electrons. The summed E-state index contributed by atoms with van der Waals surface area (Å²) in [5, 5.41) is 4.26. The summed E-state index contributed by atoms with van der Waals surface area (Å²) < 4.78 is 6.04. The van der Waals surface area contributed by atoms with Crippen molar-refractivity contribution < 1.29 is 4.74 Å². The molecule has 1 N–H and O–H groups in total. The van der Waals surface area contributed by atoms with E-state index in [2.05, 4.69) is 10.2 Å². The number of likely N-dealkylation sites (tertiary alicyclic amines) is 1. The van der Waals surface area contributed by atoms with E-state index in [-0.39, 0.29) is 0 Å². The van der Waals surface area contributed by atoms with E-state index in [1.54, 1.807) is 0 Å². The average Bonchev–Trinajstić information content (AvgIpc) is 2.71. The second kappa shape index (κ2) is 6.79. The Morgan fingerprint density at radius 1 is 1.10 bits per heavy atom. The number of rotatable bonds is 4. The van der Waals surface area contributed by atoms with Crippen LogP contribution in [-0.2, 0) is 0 Å². The van der Waals surface area contributed by atoms with Gasteiger partial charge in [-0.3, -0.25) is 0 Å². The smallest absolute Gasteiger partial charge is 0.128 e. The number of hydrogen-bond acceptors (Lipinski definition) is 3. The highest BCUT2D eigenvalue weighted by Crippen LogP contribution is 2.21. The third-order valence-electron chi connectivity index (χ3n) is 4.28. The van der Waals surface area contributed by atoms with Gasteiger partial charge in [-0.1, -0.05) is 24.4 Å². The zero-order valence-corrected chi connectivity index (χ0v) is 12.6. The van der Waals surface area contributed by atoms with Crippen molar-refractivity contribution in [3.63, 3.8) is 0 Å². The van der Waals surface area contributed by atoms with Crippen molar-refractivity contribution in [2.45, 2.75) is 37.8 Å². The number of ether oxygens (including phenoxy) is 1. The molecule has 0 aliphatic carbocycles. The largest absolute Gasteiger partial charge is 0.487 e. The standard InChI is InChI=1S/C16H23ClN2O/c17-13-5-7-14(8-6-13)20-16-11-18-15(16)12-19-9-3-1-2-4-10-19/h5-8,15-16,18H,1-4,9-12H2/t15-,16-/m1/s1. The second-order valence-corrected chi connectivity index (χ2v) is 6.28. The van der Waals surface area contributed by atoms with E-state index in [0.717, 1.165) is 23.9 Å². The molecule has 20 heavy (non-hydrogen) atoms. The predicted molar refractivity (Wildman–Crippen MR) is 82.6 cm³/mol. The number of nitrogens with zero attached hydrogens (tertiary/aromatic N) is 1. The van der Waals surface area contributed by atoms with Crippen molar-refractivity contribution in [3.05, 3.63) is 29.3 Å². The second-order valence-electron chi connectivity index (χ2n) is 5.84. The van der Waals surface area contributed by atoms with Crippen LogP contribution in [0.3, 0.4) is 0 Å². The first-order valence-electron chi connectivity index (χ1n) is 7.69. The Hall–Kier alpha value is -0.770. The van der Waals surface area contributed by atoms with Gasteiger partial charge in [0.1, 0.15) is 11.9 Å². The zero-order chi connectivity index (χ0) is 13.8. The molecule has 0 amide bonds. The number of nitrogens with one attached hydrogen (secondary N) is 1. The molecule has 2 aliphatic heterocycles. The summed E-state index contributed by atoms with van der Waals surface area (Å²) in [6, 6.07) is 8.12. The van der Waals surface area contributed by atoms with Crippen LogP contribution in [0.2, 0.25) is 5.02 Å². The van der Waals surface area contributed by atoms with Crippen molar-refractivity contribution in [2.75, 3.05) is 26.2 Å². The van der Waals surface area contributed by atoms with E-state index in [1.165, 1.54) is 38.8 Å². The van der Waals surface area contributed by atoms with Gasteiger partial charge in [0, 0.05) is 18.1 Å². The fourth-order valence-electron chi connectivity index (χ4n) is 2.97. The van der Waals surface area contributed by atoms with Crippen molar-refractivity contribution >= 4 is 11.6 Å². The van der Waals surface area contributed by atoms with Gasteiger partial charge in [-0.05, 0) is 50.2 Å². The van der Waals surface area contributed by atoms with E-state index in [4.69, 9.17) is 16.3 Å². The summed E-state index contributed by atoms with van der Waals surface area (Å²) in [4.78, 5) is 2.59. The van der Waals surface area contributed by atoms with Gasteiger partial charge in [-0.15, -0.1) is 0 Å². The third-order valence-corrected chi connectivity index (χ3v) is 4.54. The van der Waals surface area contributed by atoms with Crippen LogP contribution in [0.1, 0.15) is 25.7 Å². The normalized spacial score (nSPS) is 27.6. The molecule has 0 aromatic heterocycles. The summed E-state index contributed by atoms with van der Waals surface area (Å²) in [5.74, 6) is 0.918. The van der Waals surface area contributed by atoms with Gasteiger partial charge in [0.05, 0.1) is 6.04 Å². The number of halogens is 1. The van der Waals surface area contributed by atoms with Gasteiger partial charge >= 0.3 is 0 Å². The Kier molecular flexibility index (Phi) is 4.81. The van der Waals surface area contributed by atoms with Gasteiger partial charge < -0.3 is 15.0 Å². The molecule has 0 radical (unpaired) electrons. The highest BCUT2D eigenvalue weighted by atomic mass is 35.5. The first-order chi connectivity index (χ1) is 9.81. The maximum absolute atomic E-state index is 6.04. The van der Waals surface area contributed by atoms with Crippen LogP contribution in [0.5, 0.6) is 5.75 Å². The Balaban J connectivity index is 1.49. The average molecular weight is 295 g/mol. The number of benzene rings is 1. The molecule has 2 saturated heterocycles. The SMILES string of the molecule is Clc1ccc(O[C@@H]2CN[C@@H]2CN2CCCCCC2)cc1. The molecular weight excluding hydrogens is 272 g/mol. The molecule has 2 atom stereocenters. The van der Waals surface area contributed by atoms with E-state index in [1.807, 2.05) is 24.3 Å². The highest BCUT2D eigenvalue weighted by molar-refractivity contribution is 6.30. The van der Waals surface area contributed by atoms with Crippen LogP contribution in [0.25, 0.3) is 0 Å². The van der Waals surface area contributed by atoms with Gasteiger partial charge in [-0.25, -0.2) is 0 Å². The summed E-state index contributed by atoms with van der Waals surface area (Å²) in [5.41, 5.74) is 0. The minimum absolute atomic E-state index is 0.291. The monoisotopic (exact) mass is 294 g/mol. The first-order valence-corrected chi connectivity index (χ1v) is 8.07. The molecule has 0 bridgehead atoms. The molecule has 0 saturated carbocycles. The van der Waals surface area contributed by atoms with Gasteiger partial charge in [0.25, 0.3) is 0 Å². The fraction of sp³-hybridized carbons (Fsp3) is 0.625. The lowest BCUT2D eigenvalue weighted by Gasteiger charge is -2.40. The molecule has 0 unspecified atom stereocenters. The van der Waals surface area contributed by atoms with Crippen LogP contribution in [0.4, 0.5) is 0 Å². The van der Waals surface area contributed by atoms with Crippen LogP contribution in [0, 0.1) is 0 Å². The molecule has 2 aliphatic rings. The molecule has 2 heterocycles. The van der Waals surface area contributed by atoms with Crippen LogP contribution in [0.15, 0.2) is 24.3 Å². The van der Waals surface area contributed by atoms with E-state index >= 15 is 0 Å². The molecule has 4 heteroatoms. The Bertz CT molecular complexity index is 415. The Morgan fingerprint density at radius 3 is 2.40 bits per heavy atom. The van der Waals surface area contributed by atoms with Crippen LogP contribution < -0.4 is 10.1 Å². The molecular formula is C16H23ClN2O. The fourth-order valence-corrected chi connectivity index (χ4v) is 3.10. The zero-order valence-electron chi connectivity index (χ0n) is 11.9. The van der Waals surface area contributed by atoms with Gasteiger partial charge in [0.2, 0.25) is 0 Å². The lowest BCUT2D eigenvalue weighted by molar-refractivity contribution is 0.0603. The Morgan fingerprint density at radius 2 is 1.80 bits per heavy atom. The van der Waals surface area contributed by atoms with Gasteiger partial charge in [0.15, 0.2) is 0 Å². The predicted octanol–water partition coefficient (Wildman–Crippen LogP) is 2.94. The molecule has 1 aromatic rings. The molecule has 2 fully saturated rings. The minimum atomic E-state index is 0.291. The molecule has 1 aromatic carbocycles. The lowest BCUT2D eigenvalue weighted by atomic mass is 10.0. The third kappa shape index (κ3) is 3.66. The quantitative estimate of drug-likeness (QED) is 0.924. The maximum atomic E-state index is 6.04. The van der Waals surface area contributed by atoms with E-state index < -0.39 is 0 Å². The van der Waals surface area contributed by atoms with Crippen molar-refractivity contribution in [1.82, 2.24) is 10.2 Å². The summed E-state index contributed by atoms with van der Waals surface area (Å²) in [6.07, 6.45) is 5.75. The molecule has 0 spiro atoms. The van der Waals surface area contributed by atoms with Crippen LogP contribution in [-0.4, -0.2) is 43.2 Å². The van der Waals surface area contributed by atoms with Gasteiger partial charge in [-0.2, -0.15) is 0 Å². The summed E-state index contributed by atoms with van der Waals surface area (Å²) >= 11 is 5.89. The molecule has 3 rings (SSSR count). The molecule has 3 nitrogen and oxygen atoms in total. The van der Waals surface area contributed by atoms with Crippen molar-refractivity contribution in [2.24, 2.45) is 0 Å². The van der Waals surface area contributed by atoms with Crippen LogP contribution >= 0.6 is 11.6 Å². The Labute approximate surface area is 126 Å². The highest BCUT2D eigenvalue weighted by Gasteiger charge is 2.33. The van der Waals surface area contributed by atoms with E-state index in [9.17, 15) is 0 Å². The van der Waals surface area contributed by atoms with Crippen molar-refractivity contribution in [1.29, 1.82) is 0 Å². The topological polar surface area (TPSA) is 24.5 Å². The number of hydrogen-bond donors (Lipinski definition) is 1. The minimum Gasteiger partial charge on any atom is -0.487 e. The van der Waals surface area contributed by atoms with E-state index in [0.29, 0.717) is 12.1 Å². The first kappa shape index (κ1) is 14.2. The maximum Gasteiger partial charge on any atom is 0.128 e. The summed E-state index contributed by atoms with van der Waals surface area (Å²) in [7, 11) is 0.